The highest BCUT2D eigenvalue weighted by atomic mass is 79.9. The molecule has 86 valence electrons. The Bertz CT molecular complexity index is 402. The molecule has 0 aromatic heterocycles. The largest absolute Gasteiger partial charge is 0.379 e. The van der Waals surface area contributed by atoms with Gasteiger partial charge in [-0.2, -0.15) is 0 Å². The molecular formula is C12H13BrO2S. The maximum absolute atomic E-state index is 11.0. The normalized spacial score (nSPS) is 15.9. The number of hydrogen-bond acceptors (Lipinski definition) is 3. The molecular weight excluding hydrogens is 288 g/mol. The minimum atomic E-state index is 0.194. The summed E-state index contributed by atoms with van der Waals surface area (Å²) >= 11 is 5.37. The maximum Gasteiger partial charge on any atom is 0.134 e. The Labute approximate surface area is 108 Å². The minimum absolute atomic E-state index is 0.194. The van der Waals surface area contributed by atoms with E-state index in [4.69, 9.17) is 4.74 Å². The maximum atomic E-state index is 11.0. The molecule has 1 aliphatic rings. The van der Waals surface area contributed by atoms with Crippen molar-refractivity contribution < 1.29 is 9.53 Å². The van der Waals surface area contributed by atoms with Gasteiger partial charge in [0.2, 0.25) is 0 Å². The van der Waals surface area contributed by atoms with Crippen LogP contribution in [0.2, 0.25) is 0 Å². The molecule has 1 aromatic rings. The van der Waals surface area contributed by atoms with Gasteiger partial charge in [-0.05, 0) is 40.5 Å². The molecule has 0 radical (unpaired) electrons. The molecule has 0 saturated carbocycles. The van der Waals surface area contributed by atoms with Gasteiger partial charge in [-0.25, -0.2) is 0 Å². The third-order valence-electron chi connectivity index (χ3n) is 2.35. The molecule has 4 heteroatoms. The predicted molar refractivity (Wildman–Crippen MR) is 69.0 cm³/mol. The van der Waals surface area contributed by atoms with Crippen LogP contribution in [0.3, 0.4) is 0 Å². The van der Waals surface area contributed by atoms with Crippen molar-refractivity contribution in [3.8, 4) is 0 Å². The van der Waals surface area contributed by atoms with E-state index < -0.39 is 0 Å². The summed E-state index contributed by atoms with van der Waals surface area (Å²) in [6, 6.07) is 6.13. The summed E-state index contributed by atoms with van der Waals surface area (Å²) in [5.74, 6) is 0.194. The topological polar surface area (TPSA) is 26.3 Å². The molecule has 0 bridgehead atoms. The summed E-state index contributed by atoms with van der Waals surface area (Å²) in [5.41, 5.74) is 1.06. The zero-order valence-corrected chi connectivity index (χ0v) is 11.4. The molecule has 16 heavy (non-hydrogen) atoms. The average Bonchev–Trinajstić information content (AvgIpc) is 2.12. The van der Waals surface area contributed by atoms with Crippen molar-refractivity contribution in [1.82, 2.24) is 0 Å². The first kappa shape index (κ1) is 12.1. The monoisotopic (exact) mass is 300 g/mol. The molecule has 1 heterocycles. The van der Waals surface area contributed by atoms with Crippen LogP contribution in [0.1, 0.15) is 12.5 Å². The fourth-order valence-electron chi connectivity index (χ4n) is 1.50. The Morgan fingerprint density at radius 1 is 1.56 bits per heavy atom. The van der Waals surface area contributed by atoms with E-state index in [1.54, 1.807) is 6.92 Å². The van der Waals surface area contributed by atoms with Crippen molar-refractivity contribution >= 4 is 33.5 Å². The number of carbonyl (C=O) groups excluding carboxylic acids is 1. The number of carbonyl (C=O) groups is 1. The molecule has 2 rings (SSSR count). The first-order valence-electron chi connectivity index (χ1n) is 5.17. The van der Waals surface area contributed by atoms with Gasteiger partial charge in [-0.15, -0.1) is 11.8 Å². The highest BCUT2D eigenvalue weighted by Gasteiger charge is 2.20. The number of hydrogen-bond donors (Lipinski definition) is 0. The van der Waals surface area contributed by atoms with E-state index in [1.165, 1.54) is 4.90 Å². The zero-order chi connectivity index (χ0) is 11.5. The molecule has 0 atom stereocenters. The van der Waals surface area contributed by atoms with E-state index in [2.05, 4.69) is 22.0 Å². The predicted octanol–water partition coefficient (Wildman–Crippen LogP) is 3.07. The smallest absolute Gasteiger partial charge is 0.134 e. The molecule has 0 spiro atoms. The molecule has 0 N–H and O–H groups in total. The van der Waals surface area contributed by atoms with E-state index in [0.717, 1.165) is 23.2 Å². The van der Waals surface area contributed by atoms with E-state index in [-0.39, 0.29) is 5.78 Å². The number of thioether (sulfide) groups is 1. The van der Waals surface area contributed by atoms with Gasteiger partial charge in [-0.1, -0.05) is 6.07 Å². The Hall–Kier alpha value is -0.320. The summed E-state index contributed by atoms with van der Waals surface area (Å²) in [4.78, 5) is 12.2. The molecule has 0 unspecified atom stereocenters. The van der Waals surface area contributed by atoms with Crippen molar-refractivity contribution in [1.29, 1.82) is 0 Å². The summed E-state index contributed by atoms with van der Waals surface area (Å²) in [7, 11) is 0. The second-order valence-electron chi connectivity index (χ2n) is 3.92. The number of ketones is 1. The van der Waals surface area contributed by atoms with Crippen LogP contribution in [0, 0.1) is 0 Å². The molecule has 1 fully saturated rings. The second-order valence-corrected chi connectivity index (χ2v) is 6.12. The van der Waals surface area contributed by atoms with Crippen LogP contribution >= 0.6 is 27.7 Å². The summed E-state index contributed by atoms with van der Waals surface area (Å²) in [5, 5.41) is 0.579. The van der Waals surface area contributed by atoms with Crippen molar-refractivity contribution in [2.75, 3.05) is 13.2 Å². The van der Waals surface area contributed by atoms with Crippen LogP contribution in [0.25, 0.3) is 0 Å². The zero-order valence-electron chi connectivity index (χ0n) is 9.03. The fraction of sp³-hybridized carbons (Fsp3) is 0.417. The average molecular weight is 301 g/mol. The van der Waals surface area contributed by atoms with Crippen LogP contribution in [-0.2, 0) is 16.0 Å². The van der Waals surface area contributed by atoms with Crippen LogP contribution in [0.5, 0.6) is 0 Å². The third-order valence-corrected chi connectivity index (χ3v) is 4.48. The Kier molecular flexibility index (Phi) is 4.05. The van der Waals surface area contributed by atoms with Gasteiger partial charge in [0.1, 0.15) is 5.78 Å². The third kappa shape index (κ3) is 3.09. The molecule has 0 aliphatic carbocycles. The Morgan fingerprint density at radius 3 is 2.81 bits per heavy atom. The van der Waals surface area contributed by atoms with Crippen LogP contribution in [0.4, 0.5) is 0 Å². The Morgan fingerprint density at radius 2 is 2.31 bits per heavy atom. The summed E-state index contributed by atoms with van der Waals surface area (Å²) in [6.45, 7) is 3.29. The van der Waals surface area contributed by atoms with Gasteiger partial charge in [0.15, 0.2) is 0 Å². The van der Waals surface area contributed by atoms with Gasteiger partial charge < -0.3 is 4.74 Å². The Balaban J connectivity index is 2.06. The van der Waals surface area contributed by atoms with Crippen molar-refractivity contribution in [2.24, 2.45) is 0 Å². The number of rotatable bonds is 4. The number of ether oxygens (including phenoxy) is 1. The molecule has 0 amide bonds. The van der Waals surface area contributed by atoms with Crippen molar-refractivity contribution in [3.05, 3.63) is 28.2 Å². The molecule has 2 nitrogen and oxygen atoms in total. The lowest BCUT2D eigenvalue weighted by Gasteiger charge is -2.25. The van der Waals surface area contributed by atoms with E-state index in [1.807, 2.05) is 23.9 Å². The van der Waals surface area contributed by atoms with E-state index in [9.17, 15) is 4.79 Å². The molecule has 1 aromatic carbocycles. The quantitative estimate of drug-likeness (QED) is 0.855. The highest BCUT2D eigenvalue weighted by molar-refractivity contribution is 9.10. The number of benzene rings is 1. The molecule has 1 aliphatic heterocycles. The van der Waals surface area contributed by atoms with Gasteiger partial charge >= 0.3 is 0 Å². The first-order chi connectivity index (χ1) is 7.65. The van der Waals surface area contributed by atoms with E-state index >= 15 is 0 Å². The second kappa shape index (κ2) is 5.34. The number of Topliss-reactive ketones (excluding diaryl/α,β-unsaturated/α-hetero) is 1. The lowest BCUT2D eigenvalue weighted by molar-refractivity contribution is -0.116. The van der Waals surface area contributed by atoms with Gasteiger partial charge in [0.05, 0.1) is 18.5 Å². The van der Waals surface area contributed by atoms with Gasteiger partial charge in [-0.3, -0.25) is 4.79 Å². The summed E-state index contributed by atoms with van der Waals surface area (Å²) in [6.07, 6.45) is 0.510. The highest BCUT2D eigenvalue weighted by Crippen LogP contribution is 2.34. The SMILES string of the molecule is CC(=O)Cc1ccc(SC2COC2)c(Br)c1. The van der Waals surface area contributed by atoms with Gasteiger partial charge in [0.25, 0.3) is 0 Å². The van der Waals surface area contributed by atoms with Crippen LogP contribution in [0.15, 0.2) is 27.6 Å². The lowest BCUT2D eigenvalue weighted by atomic mass is 10.1. The van der Waals surface area contributed by atoms with Gasteiger partial charge in [0, 0.05) is 15.8 Å². The van der Waals surface area contributed by atoms with Crippen LogP contribution in [-0.4, -0.2) is 24.2 Å². The summed E-state index contributed by atoms with van der Waals surface area (Å²) < 4.78 is 6.21. The van der Waals surface area contributed by atoms with Crippen molar-refractivity contribution in [2.45, 2.75) is 23.5 Å². The standard InChI is InChI=1S/C12H13BrO2S/c1-8(14)4-9-2-3-12(11(13)5-9)16-10-6-15-7-10/h2-3,5,10H,4,6-7H2,1H3. The van der Waals surface area contributed by atoms with Crippen LogP contribution < -0.4 is 0 Å². The number of halogens is 1. The first-order valence-corrected chi connectivity index (χ1v) is 6.84. The molecule has 1 saturated heterocycles. The fourth-order valence-corrected chi connectivity index (χ4v) is 3.21. The van der Waals surface area contributed by atoms with Crippen molar-refractivity contribution in [3.63, 3.8) is 0 Å². The van der Waals surface area contributed by atoms with E-state index in [0.29, 0.717) is 11.7 Å². The minimum Gasteiger partial charge on any atom is -0.379 e. The lowest BCUT2D eigenvalue weighted by Crippen LogP contribution is -2.30.